The van der Waals surface area contributed by atoms with Crippen molar-refractivity contribution >= 4 is 17.1 Å². The highest BCUT2D eigenvalue weighted by Gasteiger charge is 2.27. The molecule has 1 saturated heterocycles. The molecule has 1 aromatic carbocycles. The van der Waals surface area contributed by atoms with Crippen LogP contribution in [-0.4, -0.2) is 49.9 Å². The number of nitrogens with zero attached hydrogens (tertiary/aromatic N) is 5. The molecule has 1 aliphatic rings. The van der Waals surface area contributed by atoms with Gasteiger partial charge in [0.1, 0.15) is 11.7 Å². The van der Waals surface area contributed by atoms with Crippen LogP contribution in [0.5, 0.6) is 11.6 Å². The van der Waals surface area contributed by atoms with Gasteiger partial charge in [-0.15, -0.1) is 0 Å². The lowest BCUT2D eigenvalue weighted by Gasteiger charge is -2.31. The first-order chi connectivity index (χ1) is 14.8. The lowest BCUT2D eigenvalue weighted by molar-refractivity contribution is 0.0656. The molecule has 11 heteroatoms. The van der Waals surface area contributed by atoms with Crippen molar-refractivity contribution < 1.29 is 27.4 Å². The van der Waals surface area contributed by atoms with Crippen LogP contribution in [0.1, 0.15) is 32.7 Å². The maximum atomic E-state index is 14.0. The van der Waals surface area contributed by atoms with Gasteiger partial charge in [0.2, 0.25) is 5.88 Å². The summed E-state index contributed by atoms with van der Waals surface area (Å²) in [7, 11) is 0. The van der Waals surface area contributed by atoms with Crippen molar-refractivity contribution in [1.82, 2.24) is 24.6 Å². The SMILES string of the molecule is CC(C)OC(=O)N1CCC(n2ncc3c(Oc4cc(F)c(F)cc4F)ncnc32)CC1. The van der Waals surface area contributed by atoms with E-state index >= 15 is 0 Å². The number of likely N-dealkylation sites (tertiary alicyclic amines) is 1. The highest BCUT2D eigenvalue weighted by molar-refractivity contribution is 5.80. The number of amides is 1. The van der Waals surface area contributed by atoms with Crippen molar-refractivity contribution in [3.63, 3.8) is 0 Å². The normalized spacial score (nSPS) is 15.0. The Balaban J connectivity index is 1.53. The van der Waals surface area contributed by atoms with E-state index in [1.54, 1.807) is 23.4 Å². The summed E-state index contributed by atoms with van der Waals surface area (Å²) in [5, 5.41) is 4.76. The summed E-state index contributed by atoms with van der Waals surface area (Å²) in [4.78, 5) is 21.9. The Bertz CT molecular complexity index is 1110. The van der Waals surface area contributed by atoms with Crippen molar-refractivity contribution in [1.29, 1.82) is 0 Å². The highest BCUT2D eigenvalue weighted by atomic mass is 19.2. The fourth-order valence-electron chi connectivity index (χ4n) is 3.45. The molecule has 2 aromatic heterocycles. The third-order valence-corrected chi connectivity index (χ3v) is 4.94. The number of carbonyl (C=O) groups excluding carboxylic acids is 1. The van der Waals surface area contributed by atoms with Crippen LogP contribution in [-0.2, 0) is 4.74 Å². The molecule has 0 N–H and O–H groups in total. The van der Waals surface area contributed by atoms with E-state index in [0.29, 0.717) is 49.1 Å². The van der Waals surface area contributed by atoms with Gasteiger partial charge in [-0.3, -0.25) is 0 Å². The Kier molecular flexibility index (Phi) is 5.66. The minimum Gasteiger partial charge on any atom is -0.447 e. The summed E-state index contributed by atoms with van der Waals surface area (Å²) in [5.74, 6) is -4.13. The molecular formula is C20H20F3N5O3. The van der Waals surface area contributed by atoms with Crippen LogP contribution in [0.3, 0.4) is 0 Å². The van der Waals surface area contributed by atoms with Crippen molar-refractivity contribution in [2.24, 2.45) is 0 Å². The highest BCUT2D eigenvalue weighted by Crippen LogP contribution is 2.32. The molecule has 0 saturated carbocycles. The third-order valence-electron chi connectivity index (χ3n) is 4.94. The lowest BCUT2D eigenvalue weighted by Crippen LogP contribution is -2.40. The van der Waals surface area contributed by atoms with Gasteiger partial charge < -0.3 is 14.4 Å². The fourth-order valence-corrected chi connectivity index (χ4v) is 3.45. The second-order valence-electron chi connectivity index (χ2n) is 7.45. The monoisotopic (exact) mass is 435 g/mol. The van der Waals surface area contributed by atoms with E-state index in [4.69, 9.17) is 9.47 Å². The van der Waals surface area contributed by atoms with Crippen molar-refractivity contribution in [2.45, 2.75) is 38.8 Å². The summed E-state index contributed by atoms with van der Waals surface area (Å²) in [6.45, 7) is 4.61. The van der Waals surface area contributed by atoms with Crippen LogP contribution < -0.4 is 4.74 Å². The molecule has 3 heterocycles. The van der Waals surface area contributed by atoms with Gasteiger partial charge >= 0.3 is 6.09 Å². The standard InChI is InChI=1S/C20H20F3N5O3/c1-11(2)30-20(29)27-5-3-12(4-6-27)28-18-13(9-26-28)19(25-10-24-18)31-17-8-15(22)14(21)7-16(17)23/h7-12H,3-6H2,1-2H3. The maximum Gasteiger partial charge on any atom is 0.410 e. The minimum absolute atomic E-state index is 0.0247. The zero-order valence-corrected chi connectivity index (χ0v) is 16.9. The number of ether oxygens (including phenoxy) is 2. The van der Waals surface area contributed by atoms with Gasteiger partial charge in [0.05, 0.1) is 18.3 Å². The Morgan fingerprint density at radius 2 is 1.81 bits per heavy atom. The molecule has 0 radical (unpaired) electrons. The molecule has 0 spiro atoms. The van der Waals surface area contributed by atoms with Gasteiger partial charge in [-0.2, -0.15) is 5.10 Å². The first-order valence-corrected chi connectivity index (χ1v) is 9.79. The quantitative estimate of drug-likeness (QED) is 0.571. The number of benzene rings is 1. The molecule has 8 nitrogen and oxygen atoms in total. The second kappa shape index (κ2) is 8.40. The summed E-state index contributed by atoms with van der Waals surface area (Å²) in [6.07, 6.45) is 3.45. The number of fused-ring (bicyclic) bond motifs is 1. The molecule has 0 aliphatic carbocycles. The summed E-state index contributed by atoms with van der Waals surface area (Å²) in [6, 6.07) is 1.00. The number of rotatable bonds is 4. The summed E-state index contributed by atoms with van der Waals surface area (Å²) >= 11 is 0. The van der Waals surface area contributed by atoms with E-state index in [9.17, 15) is 18.0 Å². The van der Waals surface area contributed by atoms with E-state index in [1.807, 2.05) is 0 Å². The van der Waals surface area contributed by atoms with Gasteiger partial charge in [0.25, 0.3) is 0 Å². The Labute approximate surface area is 175 Å². The van der Waals surface area contributed by atoms with Gasteiger partial charge in [-0.05, 0) is 26.7 Å². The van der Waals surface area contributed by atoms with Crippen LogP contribution in [0.4, 0.5) is 18.0 Å². The van der Waals surface area contributed by atoms with Crippen LogP contribution in [0.25, 0.3) is 11.0 Å². The van der Waals surface area contributed by atoms with Crippen molar-refractivity contribution in [3.05, 3.63) is 42.1 Å². The first kappa shape index (κ1) is 20.9. The van der Waals surface area contributed by atoms with Crippen LogP contribution >= 0.6 is 0 Å². The Morgan fingerprint density at radius 1 is 1.10 bits per heavy atom. The van der Waals surface area contributed by atoms with E-state index < -0.39 is 23.2 Å². The molecular weight excluding hydrogens is 415 g/mol. The topological polar surface area (TPSA) is 82.4 Å². The smallest absolute Gasteiger partial charge is 0.410 e. The molecule has 1 aliphatic heterocycles. The first-order valence-electron chi connectivity index (χ1n) is 9.79. The van der Waals surface area contributed by atoms with Crippen LogP contribution in [0.2, 0.25) is 0 Å². The minimum atomic E-state index is -1.31. The van der Waals surface area contributed by atoms with E-state index in [0.717, 1.165) is 0 Å². The Hall–Kier alpha value is -3.37. The molecule has 31 heavy (non-hydrogen) atoms. The molecule has 0 unspecified atom stereocenters. The fraction of sp³-hybridized carbons (Fsp3) is 0.400. The average Bonchev–Trinajstić information content (AvgIpc) is 3.17. The van der Waals surface area contributed by atoms with Gasteiger partial charge in [0.15, 0.2) is 28.8 Å². The molecule has 0 atom stereocenters. The maximum absolute atomic E-state index is 14.0. The van der Waals surface area contributed by atoms with E-state index in [-0.39, 0.29) is 24.1 Å². The Morgan fingerprint density at radius 3 is 2.52 bits per heavy atom. The summed E-state index contributed by atoms with van der Waals surface area (Å²) in [5.41, 5.74) is 0.455. The number of hydrogen-bond acceptors (Lipinski definition) is 6. The zero-order chi connectivity index (χ0) is 22.1. The average molecular weight is 435 g/mol. The molecule has 3 aromatic rings. The van der Waals surface area contributed by atoms with E-state index in [2.05, 4.69) is 15.1 Å². The molecule has 1 amide bonds. The van der Waals surface area contributed by atoms with Crippen LogP contribution in [0.15, 0.2) is 24.7 Å². The number of hydrogen-bond donors (Lipinski definition) is 0. The third kappa shape index (κ3) is 4.25. The van der Waals surface area contributed by atoms with Crippen molar-refractivity contribution in [2.75, 3.05) is 13.1 Å². The van der Waals surface area contributed by atoms with Gasteiger partial charge in [-0.25, -0.2) is 32.6 Å². The predicted octanol–water partition coefficient (Wildman–Crippen LogP) is 4.22. The molecule has 164 valence electrons. The number of carbonyl (C=O) groups is 1. The van der Waals surface area contributed by atoms with Gasteiger partial charge in [-0.1, -0.05) is 0 Å². The number of aromatic nitrogens is 4. The lowest BCUT2D eigenvalue weighted by atomic mass is 10.1. The van der Waals surface area contributed by atoms with Crippen LogP contribution in [0, 0.1) is 17.5 Å². The number of halogens is 3. The molecule has 1 fully saturated rings. The van der Waals surface area contributed by atoms with Crippen molar-refractivity contribution in [3.8, 4) is 11.6 Å². The predicted molar refractivity (Wildman–Crippen MR) is 103 cm³/mol. The number of piperidine rings is 1. The summed E-state index contributed by atoms with van der Waals surface area (Å²) < 4.78 is 52.9. The zero-order valence-electron chi connectivity index (χ0n) is 16.9. The van der Waals surface area contributed by atoms with Gasteiger partial charge in [0, 0.05) is 25.2 Å². The molecule has 4 rings (SSSR count). The largest absolute Gasteiger partial charge is 0.447 e. The van der Waals surface area contributed by atoms with E-state index in [1.165, 1.54) is 12.5 Å². The second-order valence-corrected chi connectivity index (χ2v) is 7.45. The molecule has 0 bridgehead atoms.